The number of aromatic amines is 1. The number of fused-ring (bicyclic) bond motifs is 2. The number of rotatable bonds is 2. The van der Waals surface area contributed by atoms with Gasteiger partial charge in [-0.1, -0.05) is 42.5 Å². The largest absolute Gasteiger partial charge is 0.357 e. The highest BCUT2D eigenvalue weighted by atomic mass is 16.1. The normalized spacial score (nSPS) is 14.5. The number of pyridine rings is 1. The molecule has 0 aliphatic carbocycles. The second-order valence-corrected chi connectivity index (χ2v) is 5.59. The average Bonchev–Trinajstić information content (AvgIpc) is 2.91. The van der Waals surface area contributed by atoms with Gasteiger partial charge >= 0.3 is 0 Å². The monoisotopic (exact) mass is 276 g/mol. The summed E-state index contributed by atoms with van der Waals surface area (Å²) in [6.07, 6.45) is 0. The van der Waals surface area contributed by atoms with E-state index in [0.717, 1.165) is 41.8 Å². The van der Waals surface area contributed by atoms with Gasteiger partial charge < -0.3 is 4.98 Å². The Morgan fingerprint density at radius 2 is 1.71 bits per heavy atom. The van der Waals surface area contributed by atoms with E-state index >= 15 is 0 Å². The molecule has 1 aromatic heterocycles. The number of hydrogen-bond donors (Lipinski definition) is 1. The summed E-state index contributed by atoms with van der Waals surface area (Å²) in [5.74, 6) is 0. The van der Waals surface area contributed by atoms with Crippen LogP contribution in [0.3, 0.4) is 0 Å². The van der Waals surface area contributed by atoms with Crippen molar-refractivity contribution < 1.29 is 0 Å². The molecule has 3 aromatic rings. The number of nitrogens with one attached hydrogen (secondary N) is 1. The zero-order valence-electron chi connectivity index (χ0n) is 11.7. The van der Waals surface area contributed by atoms with Crippen molar-refractivity contribution in [3.05, 3.63) is 81.6 Å². The summed E-state index contributed by atoms with van der Waals surface area (Å²) < 4.78 is 0. The molecule has 0 saturated carbocycles. The van der Waals surface area contributed by atoms with Gasteiger partial charge in [-0.15, -0.1) is 0 Å². The van der Waals surface area contributed by atoms with Crippen molar-refractivity contribution in [2.75, 3.05) is 0 Å². The summed E-state index contributed by atoms with van der Waals surface area (Å²) in [6, 6.07) is 18.1. The Hall–Kier alpha value is -2.39. The molecule has 21 heavy (non-hydrogen) atoms. The topological polar surface area (TPSA) is 36.1 Å². The van der Waals surface area contributed by atoms with Crippen LogP contribution in [0.25, 0.3) is 10.9 Å². The van der Waals surface area contributed by atoms with Gasteiger partial charge in [0, 0.05) is 41.8 Å². The van der Waals surface area contributed by atoms with Crippen LogP contribution in [-0.4, -0.2) is 9.88 Å². The Morgan fingerprint density at radius 1 is 0.952 bits per heavy atom. The van der Waals surface area contributed by atoms with Crippen LogP contribution < -0.4 is 5.43 Å². The van der Waals surface area contributed by atoms with Gasteiger partial charge in [0.2, 0.25) is 0 Å². The Bertz CT molecular complexity index is 852. The standard InChI is InChI=1S/C18H16N2O/c21-18-14-8-4-5-9-16(14)19-17-12-20(11-15(17)18)10-13-6-2-1-3-7-13/h1-9H,10-12H2,(H,19,21). The maximum atomic E-state index is 12.6. The molecule has 3 nitrogen and oxygen atoms in total. The smallest absolute Gasteiger partial charge is 0.194 e. The molecule has 104 valence electrons. The molecule has 2 heterocycles. The van der Waals surface area contributed by atoms with Gasteiger partial charge in [0.1, 0.15) is 0 Å². The molecule has 3 heteroatoms. The van der Waals surface area contributed by atoms with Gasteiger partial charge in [0.15, 0.2) is 5.43 Å². The Balaban J connectivity index is 1.69. The molecule has 1 aliphatic heterocycles. The third kappa shape index (κ3) is 2.16. The molecular weight excluding hydrogens is 260 g/mol. The third-order valence-electron chi connectivity index (χ3n) is 4.11. The molecule has 0 spiro atoms. The van der Waals surface area contributed by atoms with E-state index in [9.17, 15) is 4.79 Å². The van der Waals surface area contributed by atoms with Crippen LogP contribution in [0.5, 0.6) is 0 Å². The van der Waals surface area contributed by atoms with Crippen LogP contribution >= 0.6 is 0 Å². The highest BCUT2D eigenvalue weighted by molar-refractivity contribution is 5.79. The van der Waals surface area contributed by atoms with Gasteiger partial charge in [-0.25, -0.2) is 0 Å². The van der Waals surface area contributed by atoms with Crippen molar-refractivity contribution in [1.82, 2.24) is 9.88 Å². The molecule has 0 radical (unpaired) electrons. The van der Waals surface area contributed by atoms with Crippen LogP contribution in [0.4, 0.5) is 0 Å². The molecular formula is C18H16N2O. The summed E-state index contributed by atoms with van der Waals surface area (Å²) >= 11 is 0. The Morgan fingerprint density at radius 3 is 2.57 bits per heavy atom. The van der Waals surface area contributed by atoms with Gasteiger partial charge in [-0.3, -0.25) is 9.69 Å². The number of hydrogen-bond acceptors (Lipinski definition) is 2. The quantitative estimate of drug-likeness (QED) is 0.781. The fraction of sp³-hybridized carbons (Fsp3) is 0.167. The molecule has 1 aliphatic rings. The zero-order valence-corrected chi connectivity index (χ0v) is 11.7. The highest BCUT2D eigenvalue weighted by Gasteiger charge is 2.23. The lowest BCUT2D eigenvalue weighted by Crippen LogP contribution is -2.17. The van der Waals surface area contributed by atoms with E-state index in [2.05, 4.69) is 34.1 Å². The summed E-state index contributed by atoms with van der Waals surface area (Å²) in [4.78, 5) is 18.3. The first-order valence-electron chi connectivity index (χ1n) is 7.20. The van der Waals surface area contributed by atoms with Crippen LogP contribution in [0.1, 0.15) is 16.8 Å². The van der Waals surface area contributed by atoms with Crippen LogP contribution in [0.15, 0.2) is 59.4 Å². The first-order chi connectivity index (χ1) is 10.3. The summed E-state index contributed by atoms with van der Waals surface area (Å²) in [7, 11) is 0. The first kappa shape index (κ1) is 12.4. The zero-order chi connectivity index (χ0) is 14.2. The van der Waals surface area contributed by atoms with Crippen molar-refractivity contribution in [2.45, 2.75) is 19.6 Å². The molecule has 0 bridgehead atoms. The molecule has 1 N–H and O–H groups in total. The number of benzene rings is 2. The van der Waals surface area contributed by atoms with Crippen molar-refractivity contribution in [3.63, 3.8) is 0 Å². The molecule has 4 rings (SSSR count). The Labute approximate surface area is 122 Å². The second kappa shape index (κ2) is 4.86. The second-order valence-electron chi connectivity index (χ2n) is 5.59. The van der Waals surface area contributed by atoms with E-state index in [-0.39, 0.29) is 5.43 Å². The minimum atomic E-state index is 0.176. The van der Waals surface area contributed by atoms with E-state index in [1.54, 1.807) is 0 Å². The van der Waals surface area contributed by atoms with E-state index < -0.39 is 0 Å². The SMILES string of the molecule is O=c1c2c([nH]c3ccccc13)CN(Cc1ccccc1)C2. The maximum absolute atomic E-state index is 12.6. The van der Waals surface area contributed by atoms with Crippen molar-refractivity contribution in [3.8, 4) is 0 Å². The summed E-state index contributed by atoms with van der Waals surface area (Å²) in [5.41, 5.74) is 4.37. The van der Waals surface area contributed by atoms with E-state index in [1.807, 2.05) is 30.3 Å². The summed E-state index contributed by atoms with van der Waals surface area (Å²) in [5, 5.41) is 0.790. The number of aromatic nitrogens is 1. The fourth-order valence-corrected chi connectivity index (χ4v) is 3.09. The molecule has 0 unspecified atom stereocenters. The number of H-pyrrole nitrogens is 1. The van der Waals surface area contributed by atoms with Crippen LogP contribution in [0.2, 0.25) is 0 Å². The predicted octanol–water partition coefficient (Wildman–Crippen LogP) is 3.04. The number of nitrogens with zero attached hydrogens (tertiary/aromatic N) is 1. The minimum absolute atomic E-state index is 0.176. The average molecular weight is 276 g/mol. The molecule has 0 fully saturated rings. The first-order valence-corrected chi connectivity index (χ1v) is 7.20. The van der Waals surface area contributed by atoms with Crippen LogP contribution in [0, 0.1) is 0 Å². The summed E-state index contributed by atoms with van der Waals surface area (Å²) in [6.45, 7) is 2.41. The van der Waals surface area contributed by atoms with E-state index in [4.69, 9.17) is 0 Å². The third-order valence-corrected chi connectivity index (χ3v) is 4.11. The molecule has 2 aromatic carbocycles. The molecule has 0 atom stereocenters. The molecule has 0 amide bonds. The Kier molecular flexibility index (Phi) is 2.86. The lowest BCUT2D eigenvalue weighted by Gasteiger charge is -2.14. The predicted molar refractivity (Wildman–Crippen MR) is 84.0 cm³/mol. The number of para-hydroxylation sites is 1. The van der Waals surface area contributed by atoms with Crippen LogP contribution in [-0.2, 0) is 19.6 Å². The van der Waals surface area contributed by atoms with Gasteiger partial charge in [0.25, 0.3) is 0 Å². The highest BCUT2D eigenvalue weighted by Crippen LogP contribution is 2.22. The van der Waals surface area contributed by atoms with E-state index in [1.165, 1.54) is 5.56 Å². The van der Waals surface area contributed by atoms with Crippen molar-refractivity contribution >= 4 is 10.9 Å². The van der Waals surface area contributed by atoms with Crippen molar-refractivity contribution in [2.24, 2.45) is 0 Å². The lowest BCUT2D eigenvalue weighted by molar-refractivity contribution is 0.274. The van der Waals surface area contributed by atoms with Gasteiger partial charge in [-0.2, -0.15) is 0 Å². The van der Waals surface area contributed by atoms with Crippen molar-refractivity contribution in [1.29, 1.82) is 0 Å². The maximum Gasteiger partial charge on any atom is 0.194 e. The minimum Gasteiger partial charge on any atom is -0.357 e. The molecule has 0 saturated heterocycles. The van der Waals surface area contributed by atoms with E-state index in [0.29, 0.717) is 0 Å². The lowest BCUT2D eigenvalue weighted by atomic mass is 10.1. The van der Waals surface area contributed by atoms with Gasteiger partial charge in [0.05, 0.1) is 0 Å². The van der Waals surface area contributed by atoms with Gasteiger partial charge in [-0.05, 0) is 17.7 Å². The fourth-order valence-electron chi connectivity index (χ4n) is 3.09.